The molecule has 0 unspecified atom stereocenters. The predicted octanol–water partition coefficient (Wildman–Crippen LogP) is 2.23. The van der Waals surface area contributed by atoms with Gasteiger partial charge in [0.05, 0.1) is 19.5 Å². The van der Waals surface area contributed by atoms with Crippen molar-refractivity contribution in [1.29, 1.82) is 0 Å². The predicted molar refractivity (Wildman–Crippen MR) is 44.0 cm³/mol. The van der Waals surface area contributed by atoms with Gasteiger partial charge in [0, 0.05) is 12.5 Å². The fourth-order valence-corrected chi connectivity index (χ4v) is 1.09. The SMILES string of the molecule is CCOC1=CC(OC)=CCC1. The Bertz CT molecular complexity index is 180. The van der Waals surface area contributed by atoms with Crippen LogP contribution in [0.25, 0.3) is 0 Å². The third kappa shape index (κ3) is 2.30. The molecule has 1 rings (SSSR count). The Kier molecular flexibility index (Phi) is 3.02. The van der Waals surface area contributed by atoms with E-state index < -0.39 is 0 Å². The average molecular weight is 154 g/mol. The number of hydrogen-bond donors (Lipinski definition) is 0. The van der Waals surface area contributed by atoms with Crippen LogP contribution in [0, 0.1) is 0 Å². The third-order valence-electron chi connectivity index (χ3n) is 1.60. The summed E-state index contributed by atoms with van der Waals surface area (Å²) in [6.07, 6.45) is 6.05. The van der Waals surface area contributed by atoms with Gasteiger partial charge in [0.25, 0.3) is 0 Å². The highest BCUT2D eigenvalue weighted by Crippen LogP contribution is 2.17. The van der Waals surface area contributed by atoms with Gasteiger partial charge in [0.2, 0.25) is 0 Å². The lowest BCUT2D eigenvalue weighted by atomic mass is 10.1. The zero-order chi connectivity index (χ0) is 8.10. The maximum absolute atomic E-state index is 5.36. The summed E-state index contributed by atoms with van der Waals surface area (Å²) in [5, 5.41) is 0. The number of allylic oxidation sites excluding steroid dienone is 3. The van der Waals surface area contributed by atoms with Gasteiger partial charge in [0.1, 0.15) is 5.76 Å². The van der Waals surface area contributed by atoms with Crippen molar-refractivity contribution >= 4 is 0 Å². The minimum Gasteiger partial charge on any atom is -0.498 e. The van der Waals surface area contributed by atoms with E-state index in [0.717, 1.165) is 31.0 Å². The first-order valence-electron chi connectivity index (χ1n) is 3.94. The van der Waals surface area contributed by atoms with Gasteiger partial charge in [-0.2, -0.15) is 0 Å². The van der Waals surface area contributed by atoms with E-state index in [1.165, 1.54) is 0 Å². The van der Waals surface area contributed by atoms with Crippen LogP contribution in [0.2, 0.25) is 0 Å². The van der Waals surface area contributed by atoms with E-state index in [4.69, 9.17) is 9.47 Å². The summed E-state index contributed by atoms with van der Waals surface area (Å²) >= 11 is 0. The summed E-state index contributed by atoms with van der Waals surface area (Å²) in [6, 6.07) is 0. The lowest BCUT2D eigenvalue weighted by Gasteiger charge is -2.12. The lowest BCUT2D eigenvalue weighted by molar-refractivity contribution is 0.210. The molecular weight excluding hydrogens is 140 g/mol. The molecule has 0 atom stereocenters. The zero-order valence-corrected chi connectivity index (χ0v) is 7.09. The van der Waals surface area contributed by atoms with Gasteiger partial charge in [-0.3, -0.25) is 0 Å². The van der Waals surface area contributed by atoms with Crippen LogP contribution >= 0.6 is 0 Å². The quantitative estimate of drug-likeness (QED) is 0.620. The first-order valence-corrected chi connectivity index (χ1v) is 3.94. The van der Waals surface area contributed by atoms with E-state index in [2.05, 4.69) is 6.08 Å². The molecule has 0 fully saturated rings. The van der Waals surface area contributed by atoms with E-state index in [0.29, 0.717) is 0 Å². The maximum Gasteiger partial charge on any atom is 0.118 e. The molecule has 0 aromatic rings. The summed E-state index contributed by atoms with van der Waals surface area (Å²) in [7, 11) is 1.68. The molecule has 0 saturated carbocycles. The standard InChI is InChI=1S/C9H14O2/c1-3-11-9-6-4-5-8(7-9)10-2/h5,7H,3-4,6H2,1-2H3. The summed E-state index contributed by atoms with van der Waals surface area (Å²) in [5.74, 6) is 1.95. The summed E-state index contributed by atoms with van der Waals surface area (Å²) < 4.78 is 10.4. The number of rotatable bonds is 3. The highest BCUT2D eigenvalue weighted by Gasteiger charge is 2.04. The molecule has 0 aliphatic heterocycles. The fourth-order valence-electron chi connectivity index (χ4n) is 1.09. The minimum absolute atomic E-state index is 0.739. The van der Waals surface area contributed by atoms with E-state index in [1.54, 1.807) is 7.11 Å². The van der Waals surface area contributed by atoms with E-state index >= 15 is 0 Å². The molecule has 2 heteroatoms. The smallest absolute Gasteiger partial charge is 0.118 e. The molecule has 0 N–H and O–H groups in total. The van der Waals surface area contributed by atoms with Crippen molar-refractivity contribution in [3.05, 3.63) is 23.7 Å². The van der Waals surface area contributed by atoms with E-state index in [9.17, 15) is 0 Å². The van der Waals surface area contributed by atoms with Gasteiger partial charge >= 0.3 is 0 Å². The van der Waals surface area contributed by atoms with Gasteiger partial charge in [0.15, 0.2) is 0 Å². The van der Waals surface area contributed by atoms with Crippen molar-refractivity contribution in [2.45, 2.75) is 19.8 Å². The van der Waals surface area contributed by atoms with Gasteiger partial charge in [-0.05, 0) is 19.4 Å². The van der Waals surface area contributed by atoms with Crippen molar-refractivity contribution in [2.75, 3.05) is 13.7 Å². The van der Waals surface area contributed by atoms with Gasteiger partial charge in [-0.1, -0.05) is 0 Å². The molecule has 0 aromatic heterocycles. The van der Waals surface area contributed by atoms with Crippen molar-refractivity contribution in [1.82, 2.24) is 0 Å². The van der Waals surface area contributed by atoms with Crippen molar-refractivity contribution < 1.29 is 9.47 Å². The molecule has 0 heterocycles. The molecule has 1 aliphatic rings. The molecule has 0 radical (unpaired) electrons. The topological polar surface area (TPSA) is 18.5 Å². The molecular formula is C9H14O2. The highest BCUT2D eigenvalue weighted by atomic mass is 16.5. The van der Waals surface area contributed by atoms with Crippen molar-refractivity contribution in [3.8, 4) is 0 Å². The Balaban J connectivity index is 2.53. The van der Waals surface area contributed by atoms with Crippen LogP contribution in [0.4, 0.5) is 0 Å². The molecule has 0 amide bonds. The van der Waals surface area contributed by atoms with Crippen LogP contribution in [-0.4, -0.2) is 13.7 Å². The third-order valence-corrected chi connectivity index (χ3v) is 1.60. The molecule has 0 spiro atoms. The van der Waals surface area contributed by atoms with Crippen LogP contribution in [-0.2, 0) is 9.47 Å². The van der Waals surface area contributed by atoms with Crippen LogP contribution in [0.1, 0.15) is 19.8 Å². The van der Waals surface area contributed by atoms with Crippen LogP contribution in [0.15, 0.2) is 23.7 Å². The molecule has 0 saturated heterocycles. The fraction of sp³-hybridized carbons (Fsp3) is 0.556. The minimum atomic E-state index is 0.739. The Hall–Kier alpha value is -0.920. The highest BCUT2D eigenvalue weighted by molar-refractivity contribution is 5.19. The van der Waals surface area contributed by atoms with Crippen LogP contribution in [0.5, 0.6) is 0 Å². The van der Waals surface area contributed by atoms with Crippen molar-refractivity contribution in [3.63, 3.8) is 0 Å². The molecule has 0 bridgehead atoms. The van der Waals surface area contributed by atoms with Crippen molar-refractivity contribution in [2.24, 2.45) is 0 Å². The second kappa shape index (κ2) is 4.06. The second-order valence-corrected chi connectivity index (χ2v) is 2.39. The first-order chi connectivity index (χ1) is 5.36. The molecule has 2 nitrogen and oxygen atoms in total. The maximum atomic E-state index is 5.36. The number of methoxy groups -OCH3 is 1. The monoisotopic (exact) mass is 154 g/mol. The molecule has 1 aliphatic carbocycles. The second-order valence-electron chi connectivity index (χ2n) is 2.39. The molecule has 11 heavy (non-hydrogen) atoms. The van der Waals surface area contributed by atoms with E-state index in [-0.39, 0.29) is 0 Å². The van der Waals surface area contributed by atoms with Crippen LogP contribution in [0.3, 0.4) is 0 Å². The number of ether oxygens (including phenoxy) is 2. The molecule has 0 aromatic carbocycles. The zero-order valence-electron chi connectivity index (χ0n) is 7.09. The largest absolute Gasteiger partial charge is 0.498 e. The Morgan fingerprint density at radius 3 is 3.00 bits per heavy atom. The number of hydrogen-bond acceptors (Lipinski definition) is 2. The normalized spacial score (nSPS) is 16.9. The Labute approximate surface area is 67.5 Å². The summed E-state index contributed by atoms with van der Waals surface area (Å²) in [5.41, 5.74) is 0. The molecule has 62 valence electrons. The average Bonchev–Trinajstić information content (AvgIpc) is 2.06. The lowest BCUT2D eigenvalue weighted by Crippen LogP contribution is -1.98. The Morgan fingerprint density at radius 2 is 2.36 bits per heavy atom. The van der Waals surface area contributed by atoms with Crippen LogP contribution < -0.4 is 0 Å². The van der Waals surface area contributed by atoms with Gasteiger partial charge in [-0.25, -0.2) is 0 Å². The summed E-state index contributed by atoms with van der Waals surface area (Å²) in [6.45, 7) is 2.73. The Morgan fingerprint density at radius 1 is 1.55 bits per heavy atom. The van der Waals surface area contributed by atoms with E-state index in [1.807, 2.05) is 13.0 Å². The summed E-state index contributed by atoms with van der Waals surface area (Å²) in [4.78, 5) is 0. The van der Waals surface area contributed by atoms with Gasteiger partial charge in [-0.15, -0.1) is 0 Å². The first kappa shape index (κ1) is 8.18. The van der Waals surface area contributed by atoms with Gasteiger partial charge < -0.3 is 9.47 Å².